The van der Waals surface area contributed by atoms with Crippen LogP contribution in [-0.2, 0) is 10.2 Å². The zero-order valence-corrected chi connectivity index (χ0v) is 13.1. The Morgan fingerprint density at radius 3 is 2.50 bits per heavy atom. The lowest BCUT2D eigenvalue weighted by atomic mass is 9.98. The Morgan fingerprint density at radius 2 is 1.85 bits per heavy atom. The lowest BCUT2D eigenvalue weighted by molar-refractivity contribution is 0.164. The highest BCUT2D eigenvalue weighted by Gasteiger charge is 2.29. The molecular weight excluding hydrogens is 278 g/mol. The number of likely N-dealkylation sites (tertiary alicyclic amines) is 1. The van der Waals surface area contributed by atoms with Crippen molar-refractivity contribution in [1.82, 2.24) is 13.9 Å². The fourth-order valence-electron chi connectivity index (χ4n) is 2.97. The minimum absolute atomic E-state index is 0.0704. The van der Waals surface area contributed by atoms with Crippen molar-refractivity contribution in [2.24, 2.45) is 11.8 Å². The summed E-state index contributed by atoms with van der Waals surface area (Å²) in [7, 11) is -1.28. The van der Waals surface area contributed by atoms with Gasteiger partial charge in [0.25, 0.3) is 10.2 Å². The van der Waals surface area contributed by atoms with Crippen molar-refractivity contribution >= 4 is 10.2 Å². The minimum Gasteiger partial charge on any atom is -0.396 e. The van der Waals surface area contributed by atoms with Crippen molar-refractivity contribution in [1.29, 1.82) is 0 Å². The molecule has 0 aliphatic carbocycles. The van der Waals surface area contributed by atoms with E-state index >= 15 is 0 Å². The van der Waals surface area contributed by atoms with E-state index in [1.54, 1.807) is 0 Å². The summed E-state index contributed by atoms with van der Waals surface area (Å²) in [5.74, 6) is 0.531. The van der Waals surface area contributed by atoms with Crippen LogP contribution in [0.1, 0.15) is 25.7 Å². The maximum atomic E-state index is 12.3. The zero-order valence-electron chi connectivity index (χ0n) is 12.3. The Kier molecular flexibility index (Phi) is 5.80. The Labute approximate surface area is 122 Å². The average Bonchev–Trinajstić information content (AvgIpc) is 2.47. The normalized spacial score (nSPS) is 27.8. The van der Waals surface area contributed by atoms with Gasteiger partial charge in [-0.15, -0.1) is 0 Å². The molecule has 0 aromatic carbocycles. The molecule has 0 aromatic heterocycles. The number of nitrogens with one attached hydrogen (secondary N) is 1. The molecule has 0 spiro atoms. The number of aliphatic hydroxyl groups is 1. The van der Waals surface area contributed by atoms with Crippen LogP contribution in [0.15, 0.2) is 0 Å². The van der Waals surface area contributed by atoms with Gasteiger partial charge in [-0.1, -0.05) is 0 Å². The third-order valence-corrected chi connectivity index (χ3v) is 6.02. The Hall–Kier alpha value is -0.210. The van der Waals surface area contributed by atoms with Gasteiger partial charge in [0.15, 0.2) is 0 Å². The molecule has 2 fully saturated rings. The largest absolute Gasteiger partial charge is 0.396 e. The van der Waals surface area contributed by atoms with Crippen LogP contribution >= 0.6 is 0 Å². The van der Waals surface area contributed by atoms with Crippen molar-refractivity contribution in [3.63, 3.8) is 0 Å². The Balaban J connectivity index is 1.81. The lowest BCUT2D eigenvalue weighted by Crippen LogP contribution is -2.48. The topological polar surface area (TPSA) is 72.9 Å². The van der Waals surface area contributed by atoms with E-state index in [0.717, 1.165) is 38.8 Å². The van der Waals surface area contributed by atoms with Gasteiger partial charge in [-0.25, -0.2) is 4.72 Å². The van der Waals surface area contributed by atoms with Crippen LogP contribution in [0.3, 0.4) is 0 Å². The third-order valence-electron chi connectivity index (χ3n) is 4.47. The van der Waals surface area contributed by atoms with E-state index in [1.807, 2.05) is 0 Å². The monoisotopic (exact) mass is 305 g/mol. The zero-order chi connectivity index (χ0) is 14.6. The van der Waals surface area contributed by atoms with E-state index in [1.165, 1.54) is 4.31 Å². The van der Waals surface area contributed by atoms with Crippen LogP contribution in [0.5, 0.6) is 0 Å². The van der Waals surface area contributed by atoms with Gasteiger partial charge < -0.3 is 10.0 Å². The predicted octanol–water partition coefficient (Wildman–Crippen LogP) is -0.133. The molecule has 6 nitrogen and oxygen atoms in total. The SMILES string of the molecule is CN1CCC(CNS(=O)(=O)N2CCCC(CO)C2)CC1. The summed E-state index contributed by atoms with van der Waals surface area (Å²) in [6.45, 7) is 3.71. The number of aliphatic hydroxyl groups excluding tert-OH is 1. The molecule has 118 valence electrons. The van der Waals surface area contributed by atoms with Crippen LogP contribution in [0.25, 0.3) is 0 Å². The van der Waals surface area contributed by atoms with E-state index in [9.17, 15) is 13.5 Å². The summed E-state index contributed by atoms with van der Waals surface area (Å²) >= 11 is 0. The summed E-state index contributed by atoms with van der Waals surface area (Å²) in [5, 5.41) is 9.19. The van der Waals surface area contributed by atoms with Crippen molar-refractivity contribution in [3.8, 4) is 0 Å². The molecule has 1 atom stereocenters. The summed E-state index contributed by atoms with van der Waals surface area (Å²) in [6, 6.07) is 0. The molecule has 2 aliphatic heterocycles. The van der Waals surface area contributed by atoms with Gasteiger partial charge in [0, 0.05) is 26.2 Å². The first-order valence-corrected chi connectivity index (χ1v) is 8.99. The van der Waals surface area contributed by atoms with Crippen LogP contribution in [0.4, 0.5) is 0 Å². The molecule has 2 N–H and O–H groups in total. The molecule has 2 aliphatic rings. The lowest BCUT2D eigenvalue weighted by Gasteiger charge is -2.32. The van der Waals surface area contributed by atoms with Crippen molar-refractivity contribution in [3.05, 3.63) is 0 Å². The quantitative estimate of drug-likeness (QED) is 0.742. The number of piperidine rings is 2. The van der Waals surface area contributed by atoms with Crippen LogP contribution in [0, 0.1) is 11.8 Å². The molecule has 0 saturated carbocycles. The predicted molar refractivity (Wildman–Crippen MR) is 78.5 cm³/mol. The highest BCUT2D eigenvalue weighted by atomic mass is 32.2. The van der Waals surface area contributed by atoms with E-state index in [2.05, 4.69) is 16.7 Å². The van der Waals surface area contributed by atoms with Crippen molar-refractivity contribution in [2.45, 2.75) is 25.7 Å². The molecule has 0 amide bonds. The van der Waals surface area contributed by atoms with E-state index in [-0.39, 0.29) is 12.5 Å². The standard InChI is InChI=1S/C13H27N3O3S/c1-15-7-4-12(5-8-15)9-14-20(18,19)16-6-2-3-13(10-16)11-17/h12-14,17H,2-11H2,1H3. The molecule has 0 aromatic rings. The van der Waals surface area contributed by atoms with Crippen molar-refractivity contribution < 1.29 is 13.5 Å². The maximum Gasteiger partial charge on any atom is 0.279 e. The fraction of sp³-hybridized carbons (Fsp3) is 1.00. The second-order valence-electron chi connectivity index (χ2n) is 6.15. The van der Waals surface area contributed by atoms with Gasteiger partial charge in [-0.3, -0.25) is 0 Å². The third kappa shape index (κ3) is 4.39. The summed E-state index contributed by atoms with van der Waals surface area (Å²) in [6.07, 6.45) is 3.86. The molecule has 1 unspecified atom stereocenters. The van der Waals surface area contributed by atoms with Crippen LogP contribution < -0.4 is 4.72 Å². The van der Waals surface area contributed by atoms with Crippen LogP contribution in [-0.4, -0.2) is 69.1 Å². The fourth-order valence-corrected chi connectivity index (χ4v) is 4.38. The highest BCUT2D eigenvalue weighted by Crippen LogP contribution is 2.19. The van der Waals surface area contributed by atoms with Gasteiger partial charge in [-0.2, -0.15) is 12.7 Å². The summed E-state index contributed by atoms with van der Waals surface area (Å²) in [5.41, 5.74) is 0. The Bertz CT molecular complexity index is 394. The first kappa shape index (κ1) is 16.2. The number of hydrogen-bond acceptors (Lipinski definition) is 4. The van der Waals surface area contributed by atoms with Crippen LogP contribution in [0.2, 0.25) is 0 Å². The molecule has 20 heavy (non-hydrogen) atoms. The molecule has 0 radical (unpaired) electrons. The summed E-state index contributed by atoms with van der Waals surface area (Å²) < 4.78 is 28.8. The van der Waals surface area contributed by atoms with Gasteiger partial charge >= 0.3 is 0 Å². The average molecular weight is 305 g/mol. The summed E-state index contributed by atoms with van der Waals surface area (Å²) in [4.78, 5) is 2.28. The van der Waals surface area contributed by atoms with Gasteiger partial charge in [0.05, 0.1) is 0 Å². The molecule has 7 heteroatoms. The smallest absolute Gasteiger partial charge is 0.279 e. The second kappa shape index (κ2) is 7.17. The van der Waals surface area contributed by atoms with E-state index < -0.39 is 10.2 Å². The van der Waals surface area contributed by atoms with Gasteiger partial charge in [0.1, 0.15) is 0 Å². The van der Waals surface area contributed by atoms with E-state index in [4.69, 9.17) is 0 Å². The first-order valence-electron chi connectivity index (χ1n) is 7.55. The van der Waals surface area contributed by atoms with Crippen molar-refractivity contribution in [2.75, 3.05) is 46.4 Å². The molecular formula is C13H27N3O3S. The van der Waals surface area contributed by atoms with Gasteiger partial charge in [-0.05, 0) is 57.7 Å². The molecule has 2 heterocycles. The minimum atomic E-state index is -3.38. The second-order valence-corrected chi connectivity index (χ2v) is 7.90. The highest BCUT2D eigenvalue weighted by molar-refractivity contribution is 7.87. The molecule has 0 bridgehead atoms. The number of hydrogen-bond donors (Lipinski definition) is 2. The first-order chi connectivity index (χ1) is 9.51. The maximum absolute atomic E-state index is 12.3. The van der Waals surface area contributed by atoms with E-state index in [0.29, 0.717) is 25.6 Å². The molecule has 2 rings (SSSR count). The van der Waals surface area contributed by atoms with Gasteiger partial charge in [0.2, 0.25) is 0 Å². The number of nitrogens with zero attached hydrogens (tertiary/aromatic N) is 2. The molecule has 2 saturated heterocycles. The Morgan fingerprint density at radius 1 is 1.15 bits per heavy atom. The number of rotatable bonds is 5.